The molecule has 3 aromatic carbocycles. The monoisotopic (exact) mass is 656 g/mol. The fourth-order valence-electron chi connectivity index (χ4n) is 8.67. The molecule has 49 heavy (non-hydrogen) atoms. The summed E-state index contributed by atoms with van der Waals surface area (Å²) in [5, 5.41) is 19.0. The third-order valence-corrected chi connectivity index (χ3v) is 11.5. The number of azo groups is 1. The van der Waals surface area contributed by atoms with Crippen molar-refractivity contribution in [2.45, 2.75) is 46.5 Å². The lowest BCUT2D eigenvalue weighted by molar-refractivity contribution is -0.142. The molecule has 0 bridgehead atoms. The lowest BCUT2D eigenvalue weighted by Crippen LogP contribution is -2.55. The van der Waals surface area contributed by atoms with E-state index in [9.17, 15) is 24.3 Å². The van der Waals surface area contributed by atoms with E-state index < -0.39 is 35.0 Å². The number of aromatic hydroxyl groups is 1. The van der Waals surface area contributed by atoms with Crippen molar-refractivity contribution in [3.05, 3.63) is 101 Å². The van der Waals surface area contributed by atoms with Crippen molar-refractivity contribution in [2.24, 2.45) is 39.3 Å². The standard InChI is InChI=1S/C40H40N4O5/c1-21-19-24(7-18-33(21)45)35-29-16-17-30-34(31(29)20-32-36(46)22(2)23(3)37(47)40(32,35)4)39(49)44(38(30)48)28-14-10-26(11-15-28)42-41-25-8-12-27(13-9-25)43(5)6/h7-16,18-19,30-32,34-35,45H,17,20H2,1-6H3/t30-,31+,32-,34-,35-,40+/m0/s1. The molecule has 250 valence electrons. The third-order valence-electron chi connectivity index (χ3n) is 11.5. The van der Waals surface area contributed by atoms with E-state index in [2.05, 4.69) is 10.2 Å². The summed E-state index contributed by atoms with van der Waals surface area (Å²) < 4.78 is 0. The largest absolute Gasteiger partial charge is 0.508 e. The van der Waals surface area contributed by atoms with E-state index in [1.54, 1.807) is 51.1 Å². The fourth-order valence-corrected chi connectivity index (χ4v) is 8.67. The Morgan fingerprint density at radius 1 is 0.816 bits per heavy atom. The summed E-state index contributed by atoms with van der Waals surface area (Å²) in [7, 11) is 3.94. The molecule has 9 nitrogen and oxygen atoms in total. The third kappa shape index (κ3) is 4.97. The van der Waals surface area contributed by atoms with Crippen LogP contribution in [0.25, 0.3) is 0 Å². The van der Waals surface area contributed by atoms with Gasteiger partial charge in [0.05, 0.1) is 34.3 Å². The highest BCUT2D eigenvalue weighted by Crippen LogP contribution is 2.63. The Hall–Kier alpha value is -5.18. The smallest absolute Gasteiger partial charge is 0.238 e. The molecule has 0 spiro atoms. The minimum absolute atomic E-state index is 0.0648. The predicted octanol–water partition coefficient (Wildman–Crippen LogP) is 7.53. The van der Waals surface area contributed by atoms with Crippen molar-refractivity contribution in [3.63, 3.8) is 0 Å². The second-order valence-corrected chi connectivity index (χ2v) is 14.3. The van der Waals surface area contributed by atoms with Crippen LogP contribution in [0.2, 0.25) is 0 Å². The summed E-state index contributed by atoms with van der Waals surface area (Å²) in [6, 6.07) is 19.9. The number of amides is 2. The number of phenolic OH excluding ortho intramolecular Hbond substituents is 1. The number of fused-ring (bicyclic) bond motifs is 4. The number of nitrogens with zero attached hydrogens (tertiary/aromatic N) is 4. The minimum Gasteiger partial charge on any atom is -0.508 e. The number of hydrogen-bond donors (Lipinski definition) is 1. The fraction of sp³-hybridized carbons (Fsp3) is 0.350. The van der Waals surface area contributed by atoms with Crippen LogP contribution in [-0.4, -0.2) is 42.6 Å². The van der Waals surface area contributed by atoms with Crippen LogP contribution in [0.3, 0.4) is 0 Å². The second kappa shape index (κ2) is 11.8. The Labute approximate surface area is 286 Å². The lowest BCUT2D eigenvalue weighted by atomic mass is 9.46. The zero-order valence-electron chi connectivity index (χ0n) is 28.6. The van der Waals surface area contributed by atoms with Crippen LogP contribution in [-0.2, 0) is 19.2 Å². The highest BCUT2D eigenvalue weighted by Gasteiger charge is 2.64. The van der Waals surface area contributed by atoms with Gasteiger partial charge in [-0.05, 0) is 116 Å². The first-order valence-corrected chi connectivity index (χ1v) is 16.8. The van der Waals surface area contributed by atoms with Crippen molar-refractivity contribution in [1.29, 1.82) is 0 Å². The van der Waals surface area contributed by atoms with Crippen LogP contribution in [0.5, 0.6) is 5.75 Å². The molecule has 1 N–H and O–H groups in total. The first-order valence-electron chi connectivity index (χ1n) is 16.8. The van der Waals surface area contributed by atoms with Gasteiger partial charge in [-0.2, -0.15) is 10.2 Å². The molecule has 0 aromatic heterocycles. The van der Waals surface area contributed by atoms with Gasteiger partial charge in [0.2, 0.25) is 11.8 Å². The van der Waals surface area contributed by atoms with E-state index >= 15 is 0 Å². The molecule has 6 atom stereocenters. The van der Waals surface area contributed by atoms with E-state index in [-0.39, 0.29) is 29.1 Å². The van der Waals surface area contributed by atoms with E-state index in [1.807, 2.05) is 68.4 Å². The Balaban J connectivity index is 1.21. The average molecular weight is 657 g/mol. The van der Waals surface area contributed by atoms with Gasteiger partial charge in [-0.15, -0.1) is 0 Å². The summed E-state index contributed by atoms with van der Waals surface area (Å²) in [6.45, 7) is 7.12. The molecular formula is C40H40N4O5. The zero-order chi connectivity index (χ0) is 34.9. The molecule has 2 fully saturated rings. The van der Waals surface area contributed by atoms with Crippen molar-refractivity contribution < 1.29 is 24.3 Å². The maximum atomic E-state index is 14.4. The van der Waals surface area contributed by atoms with E-state index in [4.69, 9.17) is 0 Å². The summed E-state index contributed by atoms with van der Waals surface area (Å²) in [5.41, 5.74) is 5.08. The molecule has 2 amide bonds. The molecule has 3 aromatic rings. The van der Waals surface area contributed by atoms with Gasteiger partial charge in [0, 0.05) is 31.6 Å². The number of anilines is 2. The van der Waals surface area contributed by atoms with Crippen molar-refractivity contribution in [3.8, 4) is 5.75 Å². The molecular weight excluding hydrogens is 616 g/mol. The van der Waals surface area contributed by atoms with E-state index in [1.165, 1.54) is 4.90 Å². The first-order chi connectivity index (χ1) is 23.3. The molecule has 1 heterocycles. The number of allylic oxidation sites excluding steroid dienone is 4. The normalized spacial score (nSPS) is 28.1. The molecule has 0 unspecified atom stereocenters. The van der Waals surface area contributed by atoms with Gasteiger partial charge >= 0.3 is 0 Å². The van der Waals surface area contributed by atoms with Crippen LogP contribution in [0.15, 0.2) is 99.8 Å². The molecule has 7 rings (SSSR count). The predicted molar refractivity (Wildman–Crippen MR) is 187 cm³/mol. The van der Waals surface area contributed by atoms with Crippen LogP contribution in [0.4, 0.5) is 22.7 Å². The summed E-state index contributed by atoms with van der Waals surface area (Å²) in [4.78, 5) is 59.8. The lowest BCUT2D eigenvalue weighted by Gasteiger charge is -2.54. The van der Waals surface area contributed by atoms with Gasteiger partial charge in [-0.25, -0.2) is 0 Å². The van der Waals surface area contributed by atoms with Crippen LogP contribution in [0, 0.1) is 36.0 Å². The second-order valence-electron chi connectivity index (χ2n) is 14.3. The number of imide groups is 1. The number of hydrogen-bond acceptors (Lipinski definition) is 8. The van der Waals surface area contributed by atoms with Crippen LogP contribution in [0.1, 0.15) is 50.7 Å². The zero-order valence-corrected chi connectivity index (χ0v) is 28.6. The van der Waals surface area contributed by atoms with Crippen LogP contribution >= 0.6 is 0 Å². The van der Waals surface area contributed by atoms with Gasteiger partial charge in [-0.1, -0.05) is 30.7 Å². The average Bonchev–Trinajstić information content (AvgIpc) is 3.35. The number of ketones is 2. The van der Waals surface area contributed by atoms with Crippen molar-refractivity contribution >= 4 is 46.1 Å². The highest BCUT2D eigenvalue weighted by atomic mass is 16.3. The number of aryl methyl sites for hydroxylation is 1. The number of carbonyl (C=O) groups is 4. The number of Topliss-reactive ketones (excluding diaryl/α,β-unsaturated/α-hetero) is 2. The summed E-state index contributed by atoms with van der Waals surface area (Å²) in [6.07, 6.45) is 2.72. The van der Waals surface area contributed by atoms with Crippen LogP contribution < -0.4 is 9.80 Å². The van der Waals surface area contributed by atoms with E-state index in [0.29, 0.717) is 46.6 Å². The van der Waals surface area contributed by atoms with E-state index in [0.717, 1.165) is 16.8 Å². The van der Waals surface area contributed by atoms with Crippen molar-refractivity contribution in [2.75, 3.05) is 23.9 Å². The molecule has 9 heteroatoms. The number of rotatable bonds is 5. The molecule has 1 saturated heterocycles. The van der Waals surface area contributed by atoms with Crippen molar-refractivity contribution in [1.82, 2.24) is 0 Å². The SMILES string of the molecule is CC1=C(C)C(=O)[C@@]2(C)[C@@H](c3ccc(O)c(C)c3)C3=CC[C@@H]4C(=O)N(c5ccc(N=Nc6ccc(N(C)C)cc6)cc5)C(=O)[C@@H]4[C@@H]3C[C@H]2C1=O. The number of carbonyl (C=O) groups excluding carboxylic acids is 4. The molecule has 3 aliphatic carbocycles. The van der Waals surface area contributed by atoms with Gasteiger partial charge in [0.1, 0.15) is 5.75 Å². The number of phenols is 1. The van der Waals surface area contributed by atoms with Gasteiger partial charge in [0.15, 0.2) is 11.6 Å². The summed E-state index contributed by atoms with van der Waals surface area (Å²) >= 11 is 0. The Morgan fingerprint density at radius 2 is 1.45 bits per heavy atom. The Kier molecular flexibility index (Phi) is 7.77. The van der Waals surface area contributed by atoms with Gasteiger partial charge in [-0.3, -0.25) is 24.1 Å². The molecule has 1 saturated carbocycles. The first kappa shape index (κ1) is 32.4. The molecule has 1 aliphatic heterocycles. The minimum atomic E-state index is -1.07. The number of benzene rings is 3. The van der Waals surface area contributed by atoms with Gasteiger partial charge < -0.3 is 10.0 Å². The molecule has 0 radical (unpaired) electrons. The topological polar surface area (TPSA) is 120 Å². The maximum Gasteiger partial charge on any atom is 0.238 e. The maximum absolute atomic E-state index is 14.4. The van der Waals surface area contributed by atoms with Gasteiger partial charge in [0.25, 0.3) is 0 Å². The highest BCUT2D eigenvalue weighted by molar-refractivity contribution is 6.22. The quantitative estimate of drug-likeness (QED) is 0.172. The molecule has 4 aliphatic rings. The summed E-state index contributed by atoms with van der Waals surface area (Å²) in [5.74, 6) is -3.30. The Bertz CT molecular complexity index is 2010. The Morgan fingerprint density at radius 3 is 2.06 bits per heavy atom.